The molecule has 1 aliphatic heterocycles. The van der Waals surface area contributed by atoms with Gasteiger partial charge in [0.1, 0.15) is 0 Å². The zero-order valence-electron chi connectivity index (χ0n) is 17.7. The maximum atomic E-state index is 13.0. The van der Waals surface area contributed by atoms with E-state index in [2.05, 4.69) is 10.2 Å². The minimum atomic E-state index is -3.32. The number of carbonyl (C=O) groups excluding carboxylic acids is 1. The van der Waals surface area contributed by atoms with Crippen molar-refractivity contribution in [3.05, 3.63) is 77.2 Å². The number of benzene rings is 2. The number of anilines is 1. The van der Waals surface area contributed by atoms with Gasteiger partial charge in [-0.1, -0.05) is 36.0 Å². The van der Waals surface area contributed by atoms with Crippen molar-refractivity contribution >= 4 is 44.6 Å². The quantitative estimate of drug-likeness (QED) is 0.280. The van der Waals surface area contributed by atoms with E-state index in [0.717, 1.165) is 22.0 Å². The number of sulfonamides is 1. The van der Waals surface area contributed by atoms with Gasteiger partial charge in [-0.3, -0.25) is 13.7 Å². The van der Waals surface area contributed by atoms with Crippen molar-refractivity contribution in [2.24, 2.45) is 0 Å². The second kappa shape index (κ2) is 8.77. The number of rotatable bonds is 7. The van der Waals surface area contributed by atoms with Gasteiger partial charge < -0.3 is 0 Å². The van der Waals surface area contributed by atoms with Gasteiger partial charge in [-0.25, -0.2) is 8.42 Å². The number of thiophene rings is 1. The highest BCUT2D eigenvalue weighted by Gasteiger charge is 2.27. The number of Topliss-reactive ketones (excluding diaryl/α,β-unsaturated/α-hetero) is 1. The first kappa shape index (κ1) is 21.9. The predicted molar refractivity (Wildman–Crippen MR) is 132 cm³/mol. The van der Waals surface area contributed by atoms with E-state index in [4.69, 9.17) is 0 Å². The molecule has 4 aromatic rings. The second-order valence-corrected chi connectivity index (χ2v) is 11.4. The fourth-order valence-electron chi connectivity index (χ4n) is 3.84. The molecule has 1 aliphatic rings. The molecule has 0 saturated heterocycles. The number of thioether (sulfide) groups is 1. The van der Waals surface area contributed by atoms with E-state index in [1.165, 1.54) is 22.3 Å². The standard InChI is InChI=1S/C23H20N4O3S3/c1-33(29,30)26-12-11-16-14-17(9-10-19(16)26)20(28)15-32-23-25-24-22(21-8-5-13-31-21)27(23)18-6-3-2-4-7-18/h2-10,13-14H,11-12,15H2,1H3. The highest BCUT2D eigenvalue weighted by atomic mass is 32.2. The molecule has 0 unspecified atom stereocenters. The summed E-state index contributed by atoms with van der Waals surface area (Å²) in [6.45, 7) is 0.409. The van der Waals surface area contributed by atoms with Crippen LogP contribution in [0.2, 0.25) is 0 Å². The summed E-state index contributed by atoms with van der Waals surface area (Å²) >= 11 is 2.93. The van der Waals surface area contributed by atoms with Gasteiger partial charge in [-0.2, -0.15) is 0 Å². The molecule has 0 fully saturated rings. The van der Waals surface area contributed by atoms with Gasteiger partial charge in [0.2, 0.25) is 10.0 Å². The number of aromatic nitrogens is 3. The summed E-state index contributed by atoms with van der Waals surface area (Å²) in [7, 11) is -3.32. The minimum absolute atomic E-state index is 0.0408. The van der Waals surface area contributed by atoms with Crippen LogP contribution in [0.25, 0.3) is 16.4 Å². The fraction of sp³-hybridized carbons (Fsp3) is 0.174. The summed E-state index contributed by atoms with van der Waals surface area (Å²) in [5, 5.41) is 11.4. The Kier molecular flexibility index (Phi) is 5.81. The van der Waals surface area contributed by atoms with Crippen molar-refractivity contribution < 1.29 is 13.2 Å². The van der Waals surface area contributed by atoms with Crippen LogP contribution >= 0.6 is 23.1 Å². The molecule has 3 heterocycles. The van der Waals surface area contributed by atoms with Gasteiger partial charge in [-0.15, -0.1) is 21.5 Å². The van der Waals surface area contributed by atoms with E-state index >= 15 is 0 Å². The van der Waals surface area contributed by atoms with Crippen LogP contribution in [0.1, 0.15) is 15.9 Å². The van der Waals surface area contributed by atoms with E-state index in [-0.39, 0.29) is 11.5 Å². The molecule has 2 aromatic heterocycles. The molecule has 0 radical (unpaired) electrons. The molecule has 10 heteroatoms. The minimum Gasteiger partial charge on any atom is -0.293 e. The van der Waals surface area contributed by atoms with Gasteiger partial charge in [-0.05, 0) is 53.8 Å². The lowest BCUT2D eigenvalue weighted by molar-refractivity contribution is 0.102. The Morgan fingerprint density at radius 2 is 1.91 bits per heavy atom. The topological polar surface area (TPSA) is 85.2 Å². The average molecular weight is 497 g/mol. The summed E-state index contributed by atoms with van der Waals surface area (Å²) in [6, 6.07) is 19.0. The molecule has 0 N–H and O–H groups in total. The lowest BCUT2D eigenvalue weighted by atomic mass is 10.1. The van der Waals surface area contributed by atoms with Crippen molar-refractivity contribution in [2.45, 2.75) is 11.6 Å². The molecule has 2 aromatic carbocycles. The summed E-state index contributed by atoms with van der Waals surface area (Å²) in [6.07, 6.45) is 1.80. The third kappa shape index (κ3) is 4.33. The highest BCUT2D eigenvalue weighted by molar-refractivity contribution is 7.99. The Bertz CT molecular complexity index is 1410. The third-order valence-corrected chi connectivity index (χ3v) is 8.35. The molecule has 0 saturated carbocycles. The molecular formula is C23H20N4O3S3. The van der Waals surface area contributed by atoms with E-state index in [0.29, 0.717) is 29.4 Å². The van der Waals surface area contributed by atoms with Crippen LogP contribution in [-0.4, -0.2) is 47.5 Å². The van der Waals surface area contributed by atoms with Gasteiger partial charge in [0.05, 0.1) is 22.6 Å². The van der Waals surface area contributed by atoms with Gasteiger partial charge in [0, 0.05) is 17.8 Å². The predicted octanol–water partition coefficient (Wildman–Crippen LogP) is 4.29. The molecule has 7 nitrogen and oxygen atoms in total. The molecular weight excluding hydrogens is 476 g/mol. The van der Waals surface area contributed by atoms with E-state index < -0.39 is 10.0 Å². The number of fused-ring (bicyclic) bond motifs is 1. The molecule has 0 amide bonds. The Morgan fingerprint density at radius 1 is 1.09 bits per heavy atom. The van der Waals surface area contributed by atoms with E-state index in [1.807, 2.05) is 58.5 Å². The molecule has 0 aliphatic carbocycles. The van der Waals surface area contributed by atoms with Gasteiger partial charge in [0.15, 0.2) is 16.8 Å². The largest absolute Gasteiger partial charge is 0.293 e. The first-order valence-corrected chi connectivity index (χ1v) is 13.9. The first-order chi connectivity index (χ1) is 15.9. The van der Waals surface area contributed by atoms with Crippen molar-refractivity contribution in [2.75, 3.05) is 22.9 Å². The molecule has 0 bridgehead atoms. The van der Waals surface area contributed by atoms with Gasteiger partial charge >= 0.3 is 0 Å². The van der Waals surface area contributed by atoms with Crippen molar-refractivity contribution in [1.82, 2.24) is 14.8 Å². The first-order valence-electron chi connectivity index (χ1n) is 10.2. The van der Waals surface area contributed by atoms with Gasteiger partial charge in [0.25, 0.3) is 0 Å². The van der Waals surface area contributed by atoms with Crippen LogP contribution < -0.4 is 4.31 Å². The highest BCUT2D eigenvalue weighted by Crippen LogP contribution is 2.33. The Morgan fingerprint density at radius 3 is 2.64 bits per heavy atom. The number of carbonyl (C=O) groups is 1. The average Bonchev–Trinajstić information content (AvgIpc) is 3.56. The van der Waals surface area contributed by atoms with Crippen LogP contribution in [0.3, 0.4) is 0 Å². The van der Waals surface area contributed by atoms with E-state index in [1.54, 1.807) is 23.5 Å². The smallest absolute Gasteiger partial charge is 0.232 e. The summed E-state index contributed by atoms with van der Waals surface area (Å²) in [5.41, 5.74) is 3.04. The fourth-order valence-corrected chi connectivity index (χ4v) is 6.34. The Balaban J connectivity index is 1.39. The normalized spacial score (nSPS) is 13.3. The second-order valence-electron chi connectivity index (χ2n) is 7.59. The zero-order chi connectivity index (χ0) is 23.0. The van der Waals surface area contributed by atoms with Crippen LogP contribution in [0.5, 0.6) is 0 Å². The molecule has 33 heavy (non-hydrogen) atoms. The zero-order valence-corrected chi connectivity index (χ0v) is 20.2. The SMILES string of the molecule is CS(=O)(=O)N1CCc2cc(C(=O)CSc3nnc(-c4cccs4)n3-c3ccccc3)ccc21. The Labute approximate surface area is 200 Å². The number of hydrogen-bond acceptors (Lipinski definition) is 7. The maximum absolute atomic E-state index is 13.0. The van der Waals surface area contributed by atoms with Crippen LogP contribution in [0.4, 0.5) is 5.69 Å². The van der Waals surface area contributed by atoms with Crippen LogP contribution in [-0.2, 0) is 16.4 Å². The molecule has 168 valence electrons. The number of hydrogen-bond donors (Lipinski definition) is 0. The van der Waals surface area contributed by atoms with E-state index in [9.17, 15) is 13.2 Å². The third-order valence-electron chi connectivity index (χ3n) is 5.38. The monoisotopic (exact) mass is 496 g/mol. The molecule has 0 spiro atoms. The van der Waals surface area contributed by atoms with Crippen LogP contribution in [0, 0.1) is 0 Å². The van der Waals surface area contributed by atoms with Crippen molar-refractivity contribution in [3.63, 3.8) is 0 Å². The van der Waals surface area contributed by atoms with Crippen LogP contribution in [0.15, 0.2) is 71.2 Å². The number of para-hydroxylation sites is 1. The Hall–Kier alpha value is -2.95. The lowest BCUT2D eigenvalue weighted by Crippen LogP contribution is -2.27. The van der Waals surface area contributed by atoms with Crippen molar-refractivity contribution in [1.29, 1.82) is 0 Å². The lowest BCUT2D eigenvalue weighted by Gasteiger charge is -2.16. The molecule has 0 atom stereocenters. The summed E-state index contributed by atoms with van der Waals surface area (Å²) in [5.74, 6) is 0.898. The maximum Gasteiger partial charge on any atom is 0.232 e. The summed E-state index contributed by atoms with van der Waals surface area (Å²) in [4.78, 5) is 14.0. The van der Waals surface area contributed by atoms with Crippen molar-refractivity contribution in [3.8, 4) is 16.4 Å². The number of ketones is 1. The number of nitrogens with zero attached hydrogens (tertiary/aromatic N) is 4. The molecule has 5 rings (SSSR count). The summed E-state index contributed by atoms with van der Waals surface area (Å²) < 4.78 is 27.3.